The van der Waals surface area contributed by atoms with Crippen LogP contribution in [0, 0.1) is 0 Å². The van der Waals surface area contributed by atoms with Crippen molar-refractivity contribution in [1.82, 2.24) is 0 Å². The van der Waals surface area contributed by atoms with Gasteiger partial charge in [0.05, 0.1) is 0 Å². The first-order chi connectivity index (χ1) is 5.87. The molecule has 0 bridgehead atoms. The van der Waals surface area contributed by atoms with Crippen LogP contribution in [-0.4, -0.2) is 70.3 Å². The molecule has 0 aliphatic rings. The van der Waals surface area contributed by atoms with E-state index < -0.39 is 16.4 Å². The van der Waals surface area contributed by atoms with Gasteiger partial charge in [0.1, 0.15) is 0 Å². The molecule has 78 valence electrons. The van der Waals surface area contributed by atoms with E-state index >= 15 is 0 Å². The van der Waals surface area contributed by atoms with Gasteiger partial charge in [-0.15, -0.1) is 0 Å². The van der Waals surface area contributed by atoms with E-state index in [1.807, 2.05) is 6.92 Å². The first kappa shape index (κ1) is 17.2. The Balaban J connectivity index is 0. The van der Waals surface area contributed by atoms with Crippen LogP contribution in [0.25, 0.3) is 0 Å². The van der Waals surface area contributed by atoms with E-state index in [-0.39, 0.29) is 57.0 Å². The predicted octanol–water partition coefficient (Wildman–Crippen LogP) is 0.430. The van der Waals surface area contributed by atoms with E-state index in [4.69, 9.17) is 4.55 Å². The number of hydrogen-bond donors (Lipinski definition) is 1. The second-order valence-corrected chi connectivity index (χ2v) is 3.50. The van der Waals surface area contributed by atoms with E-state index in [1.165, 1.54) is 6.92 Å². The van der Waals surface area contributed by atoms with Gasteiger partial charge >= 0.3 is 67.8 Å². The van der Waals surface area contributed by atoms with Crippen LogP contribution in [0.2, 0.25) is 0 Å². The maximum absolute atomic E-state index is 10.8. The Labute approximate surface area is 126 Å². The van der Waals surface area contributed by atoms with E-state index in [9.17, 15) is 13.2 Å². The van der Waals surface area contributed by atoms with Crippen molar-refractivity contribution >= 4 is 67.8 Å². The van der Waals surface area contributed by atoms with Gasteiger partial charge in [-0.3, -0.25) is 4.55 Å². The number of carbonyl (C=O) groups is 1. The molecule has 0 aliphatic heterocycles. The molecule has 14 heavy (non-hydrogen) atoms. The Hall–Kier alpha value is 0.756. The number of carbonyl (C=O) groups excluding carboxylic acids is 1. The normalized spacial score (nSPS) is 11.8. The molecule has 0 fully saturated rings. The van der Waals surface area contributed by atoms with Crippen LogP contribution in [0.4, 0.5) is 0 Å². The second-order valence-electron chi connectivity index (χ2n) is 2.47. The maximum atomic E-state index is 10.8. The Kier molecular flexibility index (Phi) is 9.77. The minimum absolute atomic E-state index is 0. The molecule has 0 unspecified atom stereocenters. The molecular formula is C7H13KO5S. The molecule has 0 aromatic carbocycles. The third-order valence-electron chi connectivity index (χ3n) is 1.24. The number of unbranched alkanes of at least 4 members (excludes halogenated alkanes) is 1. The first-order valence-corrected chi connectivity index (χ1v) is 5.11. The van der Waals surface area contributed by atoms with Gasteiger partial charge in [-0.05, 0) is 13.3 Å². The van der Waals surface area contributed by atoms with Crippen molar-refractivity contribution < 1.29 is 21.9 Å². The van der Waals surface area contributed by atoms with Gasteiger partial charge in [-0.25, -0.2) is 4.79 Å². The first-order valence-electron chi connectivity index (χ1n) is 3.74. The molecule has 0 heterocycles. The fourth-order valence-electron chi connectivity index (χ4n) is 0.606. The third kappa shape index (κ3) is 9.32. The fraction of sp³-hybridized carbons (Fsp3) is 0.571. The van der Waals surface area contributed by atoms with Gasteiger partial charge in [0.15, 0.2) is 0 Å². The Morgan fingerprint density at radius 2 is 2.00 bits per heavy atom. The zero-order valence-electron chi connectivity index (χ0n) is 7.48. The molecule has 7 heteroatoms. The summed E-state index contributed by atoms with van der Waals surface area (Å²) >= 11 is 0. The average Bonchev–Trinajstić information content (AvgIpc) is 1.96. The molecule has 0 saturated heterocycles. The molecular weight excluding hydrogens is 235 g/mol. The van der Waals surface area contributed by atoms with Crippen LogP contribution in [0.1, 0.15) is 26.7 Å². The fourth-order valence-corrected chi connectivity index (χ4v) is 0.928. The quantitative estimate of drug-likeness (QED) is 0.443. The van der Waals surface area contributed by atoms with Crippen LogP contribution in [0.5, 0.6) is 0 Å². The molecule has 0 spiro atoms. The summed E-state index contributed by atoms with van der Waals surface area (Å²) in [5.74, 6) is -1.05. The predicted molar refractivity (Wildman–Crippen MR) is 53.5 cm³/mol. The van der Waals surface area contributed by atoms with Crippen LogP contribution < -0.4 is 0 Å². The molecule has 0 radical (unpaired) electrons. The Morgan fingerprint density at radius 3 is 2.36 bits per heavy atom. The van der Waals surface area contributed by atoms with Gasteiger partial charge < -0.3 is 4.18 Å². The topological polar surface area (TPSA) is 80.7 Å². The van der Waals surface area contributed by atoms with Gasteiger partial charge in [-0.1, -0.05) is 19.4 Å². The van der Waals surface area contributed by atoms with Gasteiger partial charge in [0, 0.05) is 5.57 Å². The van der Waals surface area contributed by atoms with Crippen LogP contribution >= 0.6 is 0 Å². The molecule has 0 atom stereocenters. The molecule has 5 nitrogen and oxygen atoms in total. The summed E-state index contributed by atoms with van der Waals surface area (Å²) in [4.78, 5) is 10.8. The van der Waals surface area contributed by atoms with Crippen molar-refractivity contribution in [2.24, 2.45) is 0 Å². The molecule has 0 amide bonds. The van der Waals surface area contributed by atoms with Gasteiger partial charge in [0.25, 0.3) is 0 Å². The van der Waals surface area contributed by atoms with E-state index in [2.05, 4.69) is 4.18 Å². The summed E-state index contributed by atoms with van der Waals surface area (Å²) in [5.41, 5.74) is 0.166. The van der Waals surface area contributed by atoms with Crippen molar-refractivity contribution in [3.63, 3.8) is 0 Å². The summed E-state index contributed by atoms with van der Waals surface area (Å²) in [7, 11) is -4.68. The average molecular weight is 248 g/mol. The monoisotopic (exact) mass is 248 g/mol. The van der Waals surface area contributed by atoms with Crippen molar-refractivity contribution in [1.29, 1.82) is 0 Å². The minimum atomic E-state index is -4.68. The van der Waals surface area contributed by atoms with Crippen LogP contribution in [0.15, 0.2) is 11.6 Å². The zero-order valence-corrected chi connectivity index (χ0v) is 8.30. The Morgan fingerprint density at radius 1 is 1.50 bits per heavy atom. The number of rotatable bonds is 4. The number of allylic oxidation sites excluding steroid dienone is 1. The second kappa shape index (κ2) is 7.97. The van der Waals surface area contributed by atoms with Crippen molar-refractivity contribution in [3.05, 3.63) is 11.6 Å². The van der Waals surface area contributed by atoms with Crippen molar-refractivity contribution in [3.8, 4) is 0 Å². The van der Waals surface area contributed by atoms with Gasteiger partial charge in [0.2, 0.25) is 0 Å². The zero-order chi connectivity index (χ0) is 10.5. The van der Waals surface area contributed by atoms with Crippen molar-refractivity contribution in [2.45, 2.75) is 26.7 Å². The van der Waals surface area contributed by atoms with Crippen LogP contribution in [-0.2, 0) is 19.4 Å². The standard InChI is InChI=1S/C7H12O5S.K.H/c1-3-4-5-6(2)7(8)12-13(9,10)11;;/h5H,3-4H2,1-2H3,(H,9,10,11);;. The van der Waals surface area contributed by atoms with Crippen LogP contribution in [0.3, 0.4) is 0 Å². The summed E-state index contributed by atoms with van der Waals surface area (Å²) < 4.78 is 32.1. The Bertz CT molecular complexity index is 306. The van der Waals surface area contributed by atoms with E-state index in [1.54, 1.807) is 6.08 Å². The summed E-state index contributed by atoms with van der Waals surface area (Å²) in [5, 5.41) is 0. The van der Waals surface area contributed by atoms with E-state index in [0.717, 1.165) is 6.42 Å². The summed E-state index contributed by atoms with van der Waals surface area (Å²) in [6.07, 6.45) is 3.05. The van der Waals surface area contributed by atoms with Gasteiger partial charge in [-0.2, -0.15) is 8.42 Å². The molecule has 0 saturated carbocycles. The summed E-state index contributed by atoms with van der Waals surface area (Å²) in [6.45, 7) is 3.33. The number of hydrogen-bond acceptors (Lipinski definition) is 4. The SMILES string of the molecule is CCCC=C(C)C(=O)OS(=O)(=O)O.[KH]. The molecule has 0 aromatic heterocycles. The van der Waals surface area contributed by atoms with E-state index in [0.29, 0.717) is 6.42 Å². The third-order valence-corrected chi connectivity index (χ3v) is 1.60. The molecule has 1 N–H and O–H groups in total. The van der Waals surface area contributed by atoms with Crippen molar-refractivity contribution in [2.75, 3.05) is 0 Å². The molecule has 0 aliphatic carbocycles. The molecule has 0 rings (SSSR count). The summed E-state index contributed by atoms with van der Waals surface area (Å²) in [6, 6.07) is 0. The molecule has 0 aromatic rings.